The molecule has 1 amide bonds. The van der Waals surface area contributed by atoms with Crippen molar-refractivity contribution in [2.75, 3.05) is 26.4 Å². The van der Waals surface area contributed by atoms with Gasteiger partial charge in [0, 0.05) is 20.6 Å². The number of hydrogen-bond acceptors (Lipinski definition) is 3. The average molecular weight is 342 g/mol. The molecule has 0 radical (unpaired) electrons. The van der Waals surface area contributed by atoms with Crippen LogP contribution >= 0.6 is 0 Å². The van der Waals surface area contributed by atoms with Gasteiger partial charge in [-0.1, -0.05) is 26.0 Å². The van der Waals surface area contributed by atoms with Gasteiger partial charge in [0.25, 0.3) is 0 Å². The molecule has 1 aromatic carbocycles. The predicted molar refractivity (Wildman–Crippen MR) is 87.0 cm³/mol. The van der Waals surface area contributed by atoms with Crippen LogP contribution in [0.1, 0.15) is 25.8 Å². The molecule has 5 nitrogen and oxygen atoms in total. The summed E-state index contributed by atoms with van der Waals surface area (Å²) in [5.41, 5.74) is -0.199. The lowest BCUT2D eigenvalue weighted by molar-refractivity contribution is -0.124. The van der Waals surface area contributed by atoms with Gasteiger partial charge >= 0.3 is 0 Å². The Balaban J connectivity index is 2.11. The molecule has 2 rings (SSSR count). The molecule has 0 unspecified atom stereocenters. The van der Waals surface area contributed by atoms with Crippen LogP contribution in [0, 0.1) is 11.2 Å². The Labute approximate surface area is 136 Å². The smallest absolute Gasteiger partial charge is 0.231 e. The Hall–Kier alpha value is -1.47. The largest absolute Gasteiger partial charge is 0.354 e. The van der Waals surface area contributed by atoms with Gasteiger partial charge in [-0.05, 0) is 29.5 Å². The zero-order chi connectivity index (χ0) is 17.5. The first kappa shape index (κ1) is 17.9. The van der Waals surface area contributed by atoms with E-state index in [4.69, 9.17) is 0 Å². The van der Waals surface area contributed by atoms with E-state index in [1.54, 1.807) is 12.1 Å². The van der Waals surface area contributed by atoms with Gasteiger partial charge in [0.15, 0.2) is 0 Å². The van der Waals surface area contributed by atoms with Gasteiger partial charge in [0.05, 0.1) is 11.2 Å². The van der Waals surface area contributed by atoms with Crippen molar-refractivity contribution in [2.24, 2.45) is 5.41 Å². The molecule has 1 aliphatic rings. The van der Waals surface area contributed by atoms with Crippen molar-refractivity contribution in [1.29, 1.82) is 0 Å². The fourth-order valence-corrected chi connectivity index (χ4v) is 3.72. The standard InChI is InChI=1S/C16H23FN2O3S/c1-15(2)11-16(15,12-5-7-13(17)8-6-12)14(20)18-9-10-23(21,22)19(3)4/h5-8H,9-11H2,1-4H3,(H,18,20)/t16-/m0/s1. The van der Waals surface area contributed by atoms with Crippen molar-refractivity contribution >= 4 is 15.9 Å². The molecule has 1 atom stereocenters. The van der Waals surface area contributed by atoms with Crippen LogP contribution in [-0.4, -0.2) is 45.0 Å². The number of sulfonamides is 1. The van der Waals surface area contributed by atoms with E-state index in [1.807, 2.05) is 13.8 Å². The number of carbonyl (C=O) groups excluding carboxylic acids is 1. The molecule has 0 spiro atoms. The van der Waals surface area contributed by atoms with Gasteiger partial charge < -0.3 is 5.32 Å². The average Bonchev–Trinajstić information content (AvgIpc) is 3.03. The number of rotatable bonds is 6. The Bertz CT molecular complexity index is 699. The minimum atomic E-state index is -3.35. The fraction of sp³-hybridized carbons (Fsp3) is 0.562. The number of carbonyl (C=O) groups is 1. The quantitative estimate of drug-likeness (QED) is 0.852. The van der Waals surface area contributed by atoms with Gasteiger partial charge in [-0.25, -0.2) is 17.1 Å². The maximum absolute atomic E-state index is 13.1. The molecule has 1 saturated carbocycles. The summed E-state index contributed by atoms with van der Waals surface area (Å²) in [6, 6.07) is 5.94. The van der Waals surface area contributed by atoms with Gasteiger partial charge in [-0.3, -0.25) is 4.79 Å². The van der Waals surface area contributed by atoms with E-state index in [9.17, 15) is 17.6 Å². The van der Waals surface area contributed by atoms with E-state index in [0.29, 0.717) is 6.42 Å². The van der Waals surface area contributed by atoms with E-state index in [-0.39, 0.29) is 29.4 Å². The van der Waals surface area contributed by atoms with Crippen LogP contribution in [0.5, 0.6) is 0 Å². The summed E-state index contributed by atoms with van der Waals surface area (Å²) in [5, 5.41) is 2.73. The van der Waals surface area contributed by atoms with Crippen molar-refractivity contribution < 1.29 is 17.6 Å². The third-order valence-corrected chi connectivity index (χ3v) is 6.50. The molecule has 1 aliphatic carbocycles. The number of amides is 1. The molecule has 0 aliphatic heterocycles. The zero-order valence-corrected chi connectivity index (χ0v) is 14.7. The molecule has 1 fully saturated rings. The summed E-state index contributed by atoms with van der Waals surface area (Å²) in [6.07, 6.45) is 0.651. The Morgan fingerprint density at radius 3 is 2.22 bits per heavy atom. The first-order valence-corrected chi connectivity index (χ1v) is 9.08. The maximum Gasteiger partial charge on any atom is 0.231 e. The van der Waals surface area contributed by atoms with Gasteiger partial charge in [0.1, 0.15) is 5.82 Å². The van der Waals surface area contributed by atoms with E-state index in [0.717, 1.165) is 9.87 Å². The summed E-state index contributed by atoms with van der Waals surface area (Å²) >= 11 is 0. The minimum Gasteiger partial charge on any atom is -0.354 e. The summed E-state index contributed by atoms with van der Waals surface area (Å²) in [6.45, 7) is 4.01. The Morgan fingerprint density at radius 2 is 1.78 bits per heavy atom. The lowest BCUT2D eigenvalue weighted by Crippen LogP contribution is -2.41. The Morgan fingerprint density at radius 1 is 1.26 bits per heavy atom. The van der Waals surface area contributed by atoms with Gasteiger partial charge in [-0.15, -0.1) is 0 Å². The number of hydrogen-bond donors (Lipinski definition) is 1. The minimum absolute atomic E-state index is 0.0539. The van der Waals surface area contributed by atoms with Crippen molar-refractivity contribution in [3.63, 3.8) is 0 Å². The second-order valence-electron chi connectivity index (χ2n) is 6.83. The number of nitrogens with zero attached hydrogens (tertiary/aromatic N) is 1. The van der Waals surface area contributed by atoms with Crippen LogP contribution < -0.4 is 5.32 Å². The maximum atomic E-state index is 13.1. The first-order chi connectivity index (χ1) is 10.5. The van der Waals surface area contributed by atoms with E-state index in [2.05, 4.69) is 5.32 Å². The highest BCUT2D eigenvalue weighted by molar-refractivity contribution is 7.89. The van der Waals surface area contributed by atoms with Crippen LogP contribution in [0.25, 0.3) is 0 Å². The summed E-state index contributed by atoms with van der Waals surface area (Å²) in [7, 11) is -0.430. The lowest BCUT2D eigenvalue weighted by Gasteiger charge is -2.21. The molecular weight excluding hydrogens is 319 g/mol. The van der Waals surface area contributed by atoms with Crippen LogP contribution in [0.4, 0.5) is 4.39 Å². The molecule has 0 heterocycles. The van der Waals surface area contributed by atoms with E-state index >= 15 is 0 Å². The molecule has 1 N–H and O–H groups in total. The first-order valence-electron chi connectivity index (χ1n) is 7.47. The normalized spacial score (nSPS) is 22.9. The number of benzene rings is 1. The molecular formula is C16H23FN2O3S. The molecule has 1 aromatic rings. The molecule has 128 valence electrons. The number of nitrogens with one attached hydrogen (secondary N) is 1. The molecule has 0 saturated heterocycles. The third-order valence-electron chi connectivity index (χ3n) is 4.66. The number of halogens is 1. The predicted octanol–water partition coefficient (Wildman–Crippen LogP) is 1.50. The summed E-state index contributed by atoms with van der Waals surface area (Å²) < 4.78 is 37.8. The van der Waals surface area contributed by atoms with E-state index in [1.165, 1.54) is 26.2 Å². The molecule has 23 heavy (non-hydrogen) atoms. The van der Waals surface area contributed by atoms with Crippen molar-refractivity contribution in [3.8, 4) is 0 Å². The zero-order valence-electron chi connectivity index (χ0n) is 13.9. The van der Waals surface area contributed by atoms with Gasteiger partial charge in [-0.2, -0.15) is 0 Å². The van der Waals surface area contributed by atoms with Gasteiger partial charge in [0.2, 0.25) is 15.9 Å². The second kappa shape index (κ2) is 5.87. The fourth-order valence-electron chi connectivity index (χ4n) is 2.99. The SMILES string of the molecule is CN(C)S(=O)(=O)CCNC(=O)[C@@]1(c2ccc(F)cc2)CC1(C)C. The molecule has 0 bridgehead atoms. The molecule has 0 aromatic heterocycles. The van der Waals surface area contributed by atoms with Crippen LogP contribution in [0.3, 0.4) is 0 Å². The highest BCUT2D eigenvalue weighted by Crippen LogP contribution is 2.64. The summed E-state index contributed by atoms with van der Waals surface area (Å²) in [4.78, 5) is 12.7. The summed E-state index contributed by atoms with van der Waals surface area (Å²) in [5.74, 6) is -0.700. The van der Waals surface area contributed by atoms with Crippen LogP contribution in [0.2, 0.25) is 0 Å². The highest BCUT2D eigenvalue weighted by Gasteiger charge is 2.66. The van der Waals surface area contributed by atoms with Crippen molar-refractivity contribution in [1.82, 2.24) is 9.62 Å². The topological polar surface area (TPSA) is 66.5 Å². The van der Waals surface area contributed by atoms with Crippen molar-refractivity contribution in [3.05, 3.63) is 35.6 Å². The van der Waals surface area contributed by atoms with Crippen LogP contribution in [0.15, 0.2) is 24.3 Å². The highest BCUT2D eigenvalue weighted by atomic mass is 32.2. The van der Waals surface area contributed by atoms with E-state index < -0.39 is 15.4 Å². The van der Waals surface area contributed by atoms with Crippen molar-refractivity contribution in [2.45, 2.75) is 25.7 Å². The van der Waals surface area contributed by atoms with Crippen LogP contribution in [-0.2, 0) is 20.2 Å². The third kappa shape index (κ3) is 3.26. The second-order valence-corrected chi connectivity index (χ2v) is 9.13. The molecule has 7 heteroatoms. The lowest BCUT2D eigenvalue weighted by atomic mass is 9.87. The monoisotopic (exact) mass is 342 g/mol. The Kier molecular flexibility index (Phi) is 4.56.